The molecule has 1 saturated heterocycles. The van der Waals surface area contributed by atoms with E-state index in [4.69, 9.17) is 35.9 Å². The molecule has 49 heavy (non-hydrogen) atoms. The van der Waals surface area contributed by atoms with Crippen LogP contribution in [0.3, 0.4) is 0 Å². The molecule has 15 heteroatoms. The fraction of sp³-hybridized carbons (Fsp3) is 0.265. The molecular formula is C34H32N4O10S. The van der Waals surface area contributed by atoms with E-state index in [-0.39, 0.29) is 40.4 Å². The number of aromatic amines is 1. The Morgan fingerprint density at radius 2 is 1.35 bits per heavy atom. The van der Waals surface area contributed by atoms with Gasteiger partial charge in [-0.3, -0.25) is 14.6 Å². The van der Waals surface area contributed by atoms with E-state index in [9.17, 15) is 24.0 Å². The number of nitrogens with zero attached hydrogens (tertiary/aromatic N) is 2. The van der Waals surface area contributed by atoms with Crippen molar-refractivity contribution in [1.29, 1.82) is 0 Å². The largest absolute Gasteiger partial charge is 0.464 e. The van der Waals surface area contributed by atoms with Gasteiger partial charge in [-0.15, -0.1) is 5.10 Å². The summed E-state index contributed by atoms with van der Waals surface area (Å²) in [6.45, 7) is 1.20. The molecule has 0 amide bonds. The first-order valence-corrected chi connectivity index (χ1v) is 15.7. The molecular weight excluding hydrogens is 656 g/mol. The van der Waals surface area contributed by atoms with Crippen LogP contribution in [0.15, 0.2) is 95.8 Å². The molecule has 0 radical (unpaired) electrons. The molecule has 14 nitrogen and oxygen atoms in total. The van der Waals surface area contributed by atoms with Gasteiger partial charge in [0.1, 0.15) is 19.3 Å². The highest BCUT2D eigenvalue weighted by Gasteiger charge is 2.52. The number of rotatable bonds is 13. The summed E-state index contributed by atoms with van der Waals surface area (Å²) in [5.74, 6) is -3.21. The lowest BCUT2D eigenvalue weighted by atomic mass is 10.1. The van der Waals surface area contributed by atoms with Crippen LogP contribution in [0.25, 0.3) is 0 Å². The summed E-state index contributed by atoms with van der Waals surface area (Å²) >= 11 is 5.41. The number of hydrogen-bond acceptors (Lipinski definition) is 13. The minimum Gasteiger partial charge on any atom is -0.464 e. The van der Waals surface area contributed by atoms with Crippen molar-refractivity contribution in [3.05, 3.63) is 123 Å². The summed E-state index contributed by atoms with van der Waals surface area (Å²) < 4.78 is 29.5. The first kappa shape index (κ1) is 34.7. The van der Waals surface area contributed by atoms with Crippen LogP contribution in [-0.4, -0.2) is 76.7 Å². The van der Waals surface area contributed by atoms with Crippen LogP contribution in [0, 0.1) is 4.77 Å². The van der Waals surface area contributed by atoms with Gasteiger partial charge in [-0.1, -0.05) is 61.5 Å². The van der Waals surface area contributed by atoms with E-state index in [1.165, 1.54) is 24.3 Å². The Hall–Kier alpha value is -5.67. The first-order valence-electron chi connectivity index (χ1n) is 15.3. The fourth-order valence-electron chi connectivity index (χ4n) is 4.78. The maximum atomic E-state index is 13.4. The Balaban J connectivity index is 1.51. The molecule has 4 atom stereocenters. The van der Waals surface area contributed by atoms with Gasteiger partial charge in [0.25, 0.3) is 5.56 Å². The van der Waals surface area contributed by atoms with Crippen LogP contribution in [0.2, 0.25) is 0 Å². The Bertz CT molecular complexity index is 1890. The summed E-state index contributed by atoms with van der Waals surface area (Å²) in [7, 11) is 0. The summed E-state index contributed by atoms with van der Waals surface area (Å²) in [5.41, 5.74) is -0.112. The Morgan fingerprint density at radius 3 is 1.90 bits per heavy atom. The van der Waals surface area contributed by atoms with Crippen molar-refractivity contribution in [2.24, 2.45) is 0 Å². The molecule has 4 aromatic rings. The van der Waals surface area contributed by atoms with Gasteiger partial charge in [0, 0.05) is 0 Å². The number of hydrogen-bond donors (Lipinski definition) is 2. The Kier molecular flexibility index (Phi) is 11.6. The van der Waals surface area contributed by atoms with Gasteiger partial charge < -0.3 is 29.0 Å². The highest BCUT2D eigenvalue weighted by molar-refractivity contribution is 7.71. The van der Waals surface area contributed by atoms with E-state index < -0.39 is 60.6 Å². The number of anilines is 1. The SMILES string of the molecule is CCCOC(=O)CNc1nn([C@@H]2O[C@H](COC(=O)c3ccccc3)[C@H](OC(=O)c3ccccc3)[C@@H]2OC(=O)c2ccccc2)c(=S)[nH]c1=O. The normalized spacial score (nSPS) is 18.2. The van der Waals surface area contributed by atoms with Gasteiger partial charge in [0.15, 0.2) is 23.2 Å². The zero-order valence-corrected chi connectivity index (χ0v) is 27.0. The van der Waals surface area contributed by atoms with Gasteiger partial charge in [0.2, 0.25) is 5.82 Å². The second kappa shape index (κ2) is 16.4. The molecule has 0 bridgehead atoms. The van der Waals surface area contributed by atoms with Crippen molar-refractivity contribution in [3.8, 4) is 0 Å². The van der Waals surface area contributed by atoms with Crippen molar-refractivity contribution < 1.29 is 42.9 Å². The lowest BCUT2D eigenvalue weighted by Crippen LogP contribution is -2.42. The van der Waals surface area contributed by atoms with Crippen molar-refractivity contribution in [2.45, 2.75) is 37.9 Å². The molecule has 0 unspecified atom stereocenters. The smallest absolute Gasteiger partial charge is 0.338 e. The quantitative estimate of drug-likeness (QED) is 0.118. The topological polar surface area (TPSA) is 177 Å². The average molecular weight is 689 g/mol. The third kappa shape index (κ3) is 8.82. The van der Waals surface area contributed by atoms with Gasteiger partial charge in [0.05, 0.1) is 23.3 Å². The van der Waals surface area contributed by atoms with Crippen LogP contribution >= 0.6 is 12.2 Å². The molecule has 5 rings (SSSR count). The number of carbonyl (C=O) groups excluding carboxylic acids is 4. The Morgan fingerprint density at radius 1 is 0.816 bits per heavy atom. The summed E-state index contributed by atoms with van der Waals surface area (Å²) in [6.07, 6.45) is -4.83. The number of esters is 4. The fourth-order valence-corrected chi connectivity index (χ4v) is 5.01. The second-order valence-electron chi connectivity index (χ2n) is 10.6. The van der Waals surface area contributed by atoms with Crippen molar-refractivity contribution in [1.82, 2.24) is 14.8 Å². The number of nitrogens with one attached hydrogen (secondary N) is 2. The average Bonchev–Trinajstić information content (AvgIpc) is 3.45. The first-order chi connectivity index (χ1) is 23.7. The lowest BCUT2D eigenvalue weighted by molar-refractivity contribution is -0.141. The minimum atomic E-state index is -1.44. The number of benzene rings is 3. The summed E-state index contributed by atoms with van der Waals surface area (Å²) in [5, 5.41) is 6.88. The van der Waals surface area contributed by atoms with E-state index in [1.54, 1.807) is 66.7 Å². The van der Waals surface area contributed by atoms with Crippen LogP contribution < -0.4 is 10.9 Å². The van der Waals surface area contributed by atoms with E-state index in [0.29, 0.717) is 6.42 Å². The van der Waals surface area contributed by atoms with Crippen LogP contribution in [0.1, 0.15) is 50.6 Å². The minimum absolute atomic E-state index is 0.180. The molecule has 254 valence electrons. The zero-order chi connectivity index (χ0) is 34.8. The molecule has 3 aromatic carbocycles. The summed E-state index contributed by atoms with van der Waals surface area (Å²) in [4.78, 5) is 67.0. The van der Waals surface area contributed by atoms with Gasteiger partial charge in [-0.05, 0) is 55.0 Å². The Labute approximate surface area is 284 Å². The van der Waals surface area contributed by atoms with Gasteiger partial charge in [-0.2, -0.15) is 0 Å². The van der Waals surface area contributed by atoms with Crippen LogP contribution in [0.4, 0.5) is 5.82 Å². The molecule has 0 spiro atoms. The predicted molar refractivity (Wildman–Crippen MR) is 175 cm³/mol. The molecule has 1 fully saturated rings. The molecule has 0 saturated carbocycles. The highest BCUT2D eigenvalue weighted by atomic mass is 32.1. The lowest BCUT2D eigenvalue weighted by Gasteiger charge is -2.25. The molecule has 1 aliphatic heterocycles. The van der Waals surface area contributed by atoms with Gasteiger partial charge >= 0.3 is 23.9 Å². The van der Waals surface area contributed by atoms with Crippen LogP contribution in [-0.2, 0) is 28.5 Å². The molecule has 1 aromatic heterocycles. The molecule has 2 N–H and O–H groups in total. The maximum Gasteiger partial charge on any atom is 0.338 e. The maximum absolute atomic E-state index is 13.4. The standard InChI is InChI=1S/C34H32N4O10S/c1-2-18-44-25(39)19-35-28-29(40)36-34(49)38(37-28)30-27(48-33(43)23-16-10-5-11-17-23)26(47-32(42)22-14-8-4-9-15-22)24(46-30)20-45-31(41)21-12-6-3-7-13-21/h3-17,24,26-27,30H,2,18-20H2,1H3,(H,35,37)(H,36,40,49)/t24-,26+,27+,30-/m1/s1. The number of ether oxygens (including phenoxy) is 5. The van der Waals surface area contributed by atoms with Gasteiger partial charge in [-0.25, -0.2) is 19.1 Å². The molecule has 1 aliphatic rings. The molecule has 0 aliphatic carbocycles. The van der Waals surface area contributed by atoms with E-state index in [2.05, 4.69) is 15.4 Å². The van der Waals surface area contributed by atoms with Crippen molar-refractivity contribution in [2.75, 3.05) is 25.1 Å². The molecule has 2 heterocycles. The third-order valence-corrected chi connectivity index (χ3v) is 7.43. The predicted octanol–water partition coefficient (Wildman–Crippen LogP) is 3.87. The monoisotopic (exact) mass is 688 g/mol. The highest BCUT2D eigenvalue weighted by Crippen LogP contribution is 2.35. The number of aromatic nitrogens is 3. The van der Waals surface area contributed by atoms with E-state index in [0.717, 1.165) is 4.68 Å². The van der Waals surface area contributed by atoms with E-state index in [1.807, 2.05) is 6.92 Å². The number of H-pyrrole nitrogens is 1. The van der Waals surface area contributed by atoms with Crippen LogP contribution in [0.5, 0.6) is 0 Å². The van der Waals surface area contributed by atoms with Crippen molar-refractivity contribution >= 4 is 41.9 Å². The van der Waals surface area contributed by atoms with E-state index >= 15 is 0 Å². The third-order valence-electron chi connectivity index (χ3n) is 7.14. The zero-order valence-electron chi connectivity index (χ0n) is 26.2. The summed E-state index contributed by atoms with van der Waals surface area (Å²) in [6, 6.07) is 24.3. The second-order valence-corrected chi connectivity index (χ2v) is 11.0. The van der Waals surface area contributed by atoms with Crippen molar-refractivity contribution in [3.63, 3.8) is 0 Å². The number of carbonyl (C=O) groups is 4.